The maximum absolute atomic E-state index is 12.0. The molecule has 168 valence electrons. The highest BCUT2D eigenvalue weighted by molar-refractivity contribution is 7.95. The molecule has 0 fully saturated rings. The molecule has 9 heteroatoms. The van der Waals surface area contributed by atoms with E-state index < -0.39 is 5.97 Å². The fourth-order valence-corrected chi connectivity index (χ4v) is 3.25. The molecule has 0 aromatic heterocycles. The van der Waals surface area contributed by atoms with Crippen LogP contribution in [-0.4, -0.2) is 62.1 Å². The second-order valence-corrected chi connectivity index (χ2v) is 7.63. The largest absolute Gasteiger partial charge is 0.542 e. The summed E-state index contributed by atoms with van der Waals surface area (Å²) in [7, 11) is 4.94. The lowest BCUT2D eigenvalue weighted by Crippen LogP contribution is -2.41. The third-order valence-electron chi connectivity index (χ3n) is 3.99. The van der Waals surface area contributed by atoms with Gasteiger partial charge >= 0.3 is 20.0 Å². The number of carbonyl (C=O) groups is 2. The van der Waals surface area contributed by atoms with Gasteiger partial charge in [0.05, 0.1) is 25.1 Å². The van der Waals surface area contributed by atoms with Gasteiger partial charge in [-0.05, 0) is 38.4 Å². The van der Waals surface area contributed by atoms with E-state index in [9.17, 15) is 9.59 Å². The van der Waals surface area contributed by atoms with Crippen molar-refractivity contribution in [2.75, 3.05) is 31.1 Å². The number of thiol groups is 1. The van der Waals surface area contributed by atoms with Gasteiger partial charge in [-0.1, -0.05) is 40.2 Å². The summed E-state index contributed by atoms with van der Waals surface area (Å²) in [5.74, 6) is 0.617. The Morgan fingerprint density at radius 1 is 1.21 bits per heavy atom. The molecule has 1 N–H and O–H groups in total. The fraction of sp³-hybridized carbons (Fsp3) is 0.800. The average molecular weight is 446 g/mol. The standard InChI is InChI=1S/C18H33BN2O4S2.C2H6/c1-4-5-12-27-25-18(23)14-21(13-17(22)24-19)16(3)8-6-7-10-20-15(2)9-11-26;1-2/h16,20,26H,2,4-14H2,1,3H3;1-2H3. The number of hydrogen-bond donors (Lipinski definition) is 2. The van der Waals surface area contributed by atoms with Crippen molar-refractivity contribution < 1.29 is 18.4 Å². The molecule has 0 saturated carbocycles. The number of allylic oxidation sites excluding steroid dienone is 1. The summed E-state index contributed by atoms with van der Waals surface area (Å²) in [6.07, 6.45) is 5.67. The maximum Gasteiger partial charge on any atom is 0.378 e. The smallest absolute Gasteiger partial charge is 0.378 e. The Kier molecular flexibility index (Phi) is 23.0. The Morgan fingerprint density at radius 2 is 1.86 bits per heavy atom. The Balaban J connectivity index is 0. The summed E-state index contributed by atoms with van der Waals surface area (Å²) in [6, 6.07) is 0.0259. The minimum absolute atomic E-state index is 0.0259. The highest BCUT2D eigenvalue weighted by atomic mass is 32.2. The zero-order chi connectivity index (χ0) is 22.5. The molecule has 6 nitrogen and oxygen atoms in total. The fourth-order valence-electron chi connectivity index (χ4n) is 2.31. The van der Waals surface area contributed by atoms with Crippen LogP contribution in [0.2, 0.25) is 0 Å². The van der Waals surface area contributed by atoms with Gasteiger partial charge in [0.15, 0.2) is 0 Å². The number of nitrogens with one attached hydrogen (secondary N) is 1. The highest BCUT2D eigenvalue weighted by Crippen LogP contribution is 2.12. The molecule has 0 aromatic rings. The normalized spacial score (nSPS) is 11.2. The van der Waals surface area contributed by atoms with Crippen LogP contribution in [-0.2, 0) is 18.4 Å². The van der Waals surface area contributed by atoms with Gasteiger partial charge in [-0.25, -0.2) is 4.79 Å². The number of hydrogen-bond acceptors (Lipinski definition) is 8. The van der Waals surface area contributed by atoms with Crippen molar-refractivity contribution in [2.24, 2.45) is 0 Å². The third-order valence-corrected chi connectivity index (χ3v) is 4.97. The van der Waals surface area contributed by atoms with Gasteiger partial charge in [0.2, 0.25) is 0 Å². The first kappa shape index (κ1) is 30.4. The molecule has 29 heavy (non-hydrogen) atoms. The zero-order valence-corrected chi connectivity index (χ0v) is 20.3. The predicted molar refractivity (Wildman–Crippen MR) is 127 cm³/mol. The topological polar surface area (TPSA) is 67.9 Å². The third kappa shape index (κ3) is 18.9. The summed E-state index contributed by atoms with van der Waals surface area (Å²) in [4.78, 5) is 25.3. The minimum atomic E-state index is -0.571. The molecule has 0 amide bonds. The molecule has 0 aliphatic heterocycles. The van der Waals surface area contributed by atoms with E-state index in [1.807, 2.05) is 20.8 Å². The van der Waals surface area contributed by atoms with Crippen LogP contribution >= 0.6 is 24.7 Å². The Morgan fingerprint density at radius 3 is 2.45 bits per heavy atom. The lowest BCUT2D eigenvalue weighted by Gasteiger charge is -2.27. The van der Waals surface area contributed by atoms with E-state index in [-0.39, 0.29) is 25.1 Å². The van der Waals surface area contributed by atoms with Crippen LogP contribution in [0.5, 0.6) is 0 Å². The molecule has 0 aliphatic carbocycles. The number of unbranched alkanes of at least 4 members (excludes halogenated alkanes) is 2. The van der Waals surface area contributed by atoms with Crippen molar-refractivity contribution in [1.82, 2.24) is 10.2 Å². The van der Waals surface area contributed by atoms with Crippen molar-refractivity contribution in [3.05, 3.63) is 12.3 Å². The Labute approximate surface area is 189 Å². The van der Waals surface area contributed by atoms with Crippen molar-refractivity contribution in [1.29, 1.82) is 0 Å². The second kappa shape index (κ2) is 21.9. The van der Waals surface area contributed by atoms with E-state index in [2.05, 4.69) is 36.1 Å². The van der Waals surface area contributed by atoms with E-state index in [0.29, 0.717) is 0 Å². The van der Waals surface area contributed by atoms with Gasteiger partial charge in [-0.3, -0.25) is 9.69 Å². The van der Waals surface area contributed by atoms with Gasteiger partial charge in [0.25, 0.3) is 0 Å². The molecule has 0 saturated heterocycles. The van der Waals surface area contributed by atoms with Crippen molar-refractivity contribution in [2.45, 2.75) is 72.3 Å². The predicted octanol–water partition coefficient (Wildman–Crippen LogP) is 3.91. The molecule has 0 aliphatic rings. The van der Waals surface area contributed by atoms with Gasteiger partial charge in [0.1, 0.15) is 0 Å². The number of carbonyl (C=O) groups excluding carboxylic acids is 2. The van der Waals surface area contributed by atoms with Crippen LogP contribution in [0, 0.1) is 0 Å². The van der Waals surface area contributed by atoms with Crippen LogP contribution < -0.4 is 5.32 Å². The van der Waals surface area contributed by atoms with Crippen molar-refractivity contribution >= 4 is 44.7 Å². The quantitative estimate of drug-likeness (QED) is 0.152. The molecule has 2 radical (unpaired) electrons. The lowest BCUT2D eigenvalue weighted by molar-refractivity contribution is -0.139. The molecular formula is C20H39BN2O4S2. The van der Waals surface area contributed by atoms with Gasteiger partial charge < -0.3 is 14.2 Å². The molecule has 0 bridgehead atoms. The van der Waals surface area contributed by atoms with Gasteiger partial charge in [0, 0.05) is 24.0 Å². The van der Waals surface area contributed by atoms with Gasteiger partial charge in [-0.15, -0.1) is 0 Å². The average Bonchev–Trinajstić information content (AvgIpc) is 2.71. The first-order valence-corrected chi connectivity index (χ1v) is 12.0. The number of nitrogens with zero attached hydrogens (tertiary/aromatic N) is 1. The molecular weight excluding hydrogens is 407 g/mol. The lowest BCUT2D eigenvalue weighted by atomic mass is 10.1. The summed E-state index contributed by atoms with van der Waals surface area (Å²) in [5.41, 5.74) is 0.994. The van der Waals surface area contributed by atoms with E-state index in [0.717, 1.165) is 74.3 Å². The summed E-state index contributed by atoms with van der Waals surface area (Å²) in [5, 5.41) is 3.27. The van der Waals surface area contributed by atoms with Crippen LogP contribution in [0.15, 0.2) is 12.3 Å². The summed E-state index contributed by atoms with van der Waals surface area (Å²) < 4.78 is 9.41. The Bertz CT molecular complexity index is 443. The highest BCUT2D eigenvalue weighted by Gasteiger charge is 2.21. The Hall–Kier alpha value is -0.795. The number of rotatable bonds is 17. The first-order valence-electron chi connectivity index (χ1n) is 10.4. The summed E-state index contributed by atoms with van der Waals surface area (Å²) in [6.45, 7) is 12.8. The van der Waals surface area contributed by atoms with E-state index in [4.69, 9.17) is 12.2 Å². The maximum atomic E-state index is 12.0. The molecule has 0 aromatic carbocycles. The molecule has 0 rings (SSSR count). The molecule has 0 heterocycles. The van der Waals surface area contributed by atoms with Crippen molar-refractivity contribution in [3.63, 3.8) is 0 Å². The second-order valence-electron chi connectivity index (χ2n) is 6.37. The molecule has 1 atom stereocenters. The summed E-state index contributed by atoms with van der Waals surface area (Å²) >= 11 is 5.33. The first-order chi connectivity index (χ1) is 13.9. The SMILES string of the molecule is CC.[B]OC(=O)CN(CC(=O)OSCCCC)C(C)CCCCNC(=C)CCS. The molecule has 1 unspecified atom stereocenters. The van der Waals surface area contributed by atoms with Crippen LogP contribution in [0.3, 0.4) is 0 Å². The van der Waals surface area contributed by atoms with Gasteiger partial charge in [-0.2, -0.15) is 12.6 Å². The van der Waals surface area contributed by atoms with Crippen LogP contribution in [0.25, 0.3) is 0 Å². The van der Waals surface area contributed by atoms with Crippen LogP contribution in [0.4, 0.5) is 0 Å². The molecule has 0 spiro atoms. The van der Waals surface area contributed by atoms with E-state index in [1.165, 1.54) is 0 Å². The minimum Gasteiger partial charge on any atom is -0.542 e. The monoisotopic (exact) mass is 446 g/mol. The van der Waals surface area contributed by atoms with Crippen molar-refractivity contribution in [3.8, 4) is 0 Å². The van der Waals surface area contributed by atoms with Crippen LogP contribution in [0.1, 0.15) is 66.2 Å². The van der Waals surface area contributed by atoms with E-state index >= 15 is 0 Å². The van der Waals surface area contributed by atoms with E-state index in [1.54, 1.807) is 4.90 Å². The zero-order valence-electron chi connectivity index (χ0n) is 18.6.